The van der Waals surface area contributed by atoms with Crippen molar-refractivity contribution in [2.24, 2.45) is 5.92 Å². The summed E-state index contributed by atoms with van der Waals surface area (Å²) in [4.78, 5) is 23.8. The van der Waals surface area contributed by atoms with Crippen LogP contribution in [0.15, 0.2) is 0 Å². The Morgan fingerprint density at radius 1 is 1.17 bits per heavy atom. The topological polar surface area (TPSA) is 79.8 Å². The van der Waals surface area contributed by atoms with E-state index in [2.05, 4.69) is 32.5 Å². The van der Waals surface area contributed by atoms with Crippen molar-refractivity contribution in [3.63, 3.8) is 0 Å². The van der Waals surface area contributed by atoms with Crippen molar-refractivity contribution in [3.8, 4) is 0 Å². The summed E-state index contributed by atoms with van der Waals surface area (Å²) >= 11 is 0. The van der Waals surface area contributed by atoms with Crippen LogP contribution in [0.4, 0.5) is 16.3 Å². The van der Waals surface area contributed by atoms with Crippen LogP contribution in [0.3, 0.4) is 0 Å². The first kappa shape index (κ1) is 17.6. The number of anilines is 2. The Kier molecular flexibility index (Phi) is 6.24. The Morgan fingerprint density at radius 2 is 1.83 bits per heavy atom. The van der Waals surface area contributed by atoms with Gasteiger partial charge in [0.2, 0.25) is 17.8 Å². The number of hydrogen-bond donors (Lipinski definition) is 2. The molecular formula is C16H26FN5O. The van der Waals surface area contributed by atoms with Crippen LogP contribution in [-0.4, -0.2) is 26.9 Å². The van der Waals surface area contributed by atoms with Gasteiger partial charge in [-0.05, 0) is 32.6 Å². The van der Waals surface area contributed by atoms with Crippen LogP contribution in [0.1, 0.15) is 71.3 Å². The van der Waals surface area contributed by atoms with Crippen LogP contribution in [0.2, 0.25) is 0 Å². The number of nitrogens with one attached hydrogen (secondary N) is 2. The molecule has 6 nitrogen and oxygen atoms in total. The van der Waals surface area contributed by atoms with Crippen LogP contribution < -0.4 is 10.6 Å². The van der Waals surface area contributed by atoms with Crippen molar-refractivity contribution in [1.29, 1.82) is 0 Å². The van der Waals surface area contributed by atoms with Gasteiger partial charge >= 0.3 is 0 Å². The Hall–Kier alpha value is -1.79. The molecule has 1 heterocycles. The van der Waals surface area contributed by atoms with Gasteiger partial charge in [-0.3, -0.25) is 10.1 Å². The average molecular weight is 323 g/mol. The van der Waals surface area contributed by atoms with Gasteiger partial charge in [0.1, 0.15) is 0 Å². The third-order valence-electron chi connectivity index (χ3n) is 4.29. The van der Waals surface area contributed by atoms with Gasteiger partial charge in [-0.15, -0.1) is 0 Å². The van der Waals surface area contributed by atoms with Crippen molar-refractivity contribution in [2.75, 3.05) is 10.6 Å². The second-order valence-corrected chi connectivity index (χ2v) is 6.19. The van der Waals surface area contributed by atoms with E-state index in [-0.39, 0.29) is 23.7 Å². The summed E-state index contributed by atoms with van der Waals surface area (Å²) in [6.45, 7) is 5.21. The fourth-order valence-corrected chi connectivity index (χ4v) is 2.86. The van der Waals surface area contributed by atoms with Crippen molar-refractivity contribution in [2.45, 2.75) is 71.5 Å². The van der Waals surface area contributed by atoms with Gasteiger partial charge in [0, 0.05) is 12.5 Å². The highest BCUT2D eigenvalue weighted by atomic mass is 19.1. The first-order valence-electron chi connectivity index (χ1n) is 8.46. The summed E-state index contributed by atoms with van der Waals surface area (Å²) < 4.78 is 13.6. The number of aromatic nitrogens is 3. The van der Waals surface area contributed by atoms with Crippen LogP contribution in [0.25, 0.3) is 0 Å². The van der Waals surface area contributed by atoms with E-state index in [1.165, 1.54) is 39.0 Å². The molecule has 1 aromatic rings. The standard InChI is InChI=1S/C16H26FN5O/c1-4-13(23)19-16-21-14(10(2)17)20-15(22-16)18-11(3)12-8-6-5-7-9-12/h10-12H,4-9H2,1-3H3,(H2,18,19,20,21,22,23)/t10-,11+/m1/s1. The van der Waals surface area contributed by atoms with Crippen molar-refractivity contribution < 1.29 is 9.18 Å². The maximum absolute atomic E-state index is 13.6. The molecule has 0 bridgehead atoms. The Morgan fingerprint density at radius 3 is 2.43 bits per heavy atom. The molecule has 1 fully saturated rings. The molecule has 0 aromatic carbocycles. The van der Waals surface area contributed by atoms with E-state index in [0.29, 0.717) is 18.3 Å². The minimum Gasteiger partial charge on any atom is -0.351 e. The monoisotopic (exact) mass is 323 g/mol. The maximum atomic E-state index is 13.6. The molecule has 128 valence electrons. The van der Waals surface area contributed by atoms with Gasteiger partial charge in [0.15, 0.2) is 12.0 Å². The third-order valence-corrected chi connectivity index (χ3v) is 4.29. The number of amides is 1. The lowest BCUT2D eigenvalue weighted by Gasteiger charge is -2.28. The quantitative estimate of drug-likeness (QED) is 0.835. The average Bonchev–Trinajstić information content (AvgIpc) is 2.55. The number of nitrogens with zero attached hydrogens (tertiary/aromatic N) is 3. The molecule has 1 amide bonds. The largest absolute Gasteiger partial charge is 0.351 e. The van der Waals surface area contributed by atoms with Crippen molar-refractivity contribution in [1.82, 2.24) is 15.0 Å². The zero-order valence-corrected chi connectivity index (χ0v) is 14.1. The lowest BCUT2D eigenvalue weighted by molar-refractivity contribution is -0.115. The van der Waals surface area contributed by atoms with Crippen LogP contribution >= 0.6 is 0 Å². The molecule has 1 aliphatic rings. The van der Waals surface area contributed by atoms with Gasteiger partial charge in [-0.2, -0.15) is 15.0 Å². The summed E-state index contributed by atoms with van der Waals surface area (Å²) in [7, 11) is 0. The molecule has 0 radical (unpaired) electrons. The fourth-order valence-electron chi connectivity index (χ4n) is 2.86. The zero-order valence-electron chi connectivity index (χ0n) is 14.1. The molecule has 1 aromatic heterocycles. The van der Waals surface area contributed by atoms with Crippen molar-refractivity contribution >= 4 is 17.8 Å². The molecule has 7 heteroatoms. The Labute approximate surface area is 136 Å². The maximum Gasteiger partial charge on any atom is 0.234 e. The highest BCUT2D eigenvalue weighted by molar-refractivity contribution is 5.88. The normalized spacial score (nSPS) is 18.3. The van der Waals surface area contributed by atoms with Gasteiger partial charge in [0.05, 0.1) is 0 Å². The SMILES string of the molecule is CCC(=O)Nc1nc(N[C@@H](C)C2CCCCC2)nc([C@@H](C)F)n1. The first-order valence-corrected chi connectivity index (χ1v) is 8.46. The Bertz CT molecular complexity index is 531. The highest BCUT2D eigenvalue weighted by Gasteiger charge is 2.21. The molecular weight excluding hydrogens is 297 g/mol. The molecule has 0 saturated heterocycles. The second-order valence-electron chi connectivity index (χ2n) is 6.19. The lowest BCUT2D eigenvalue weighted by Crippen LogP contribution is -2.29. The predicted molar refractivity (Wildman–Crippen MR) is 87.9 cm³/mol. The summed E-state index contributed by atoms with van der Waals surface area (Å²) in [5, 5.41) is 5.83. The number of halogens is 1. The van der Waals surface area contributed by atoms with E-state index < -0.39 is 6.17 Å². The number of carbonyl (C=O) groups excluding carboxylic acids is 1. The summed E-state index contributed by atoms with van der Waals surface area (Å²) in [6.07, 6.45) is 5.16. The van der Waals surface area contributed by atoms with E-state index in [1.807, 2.05) is 0 Å². The fraction of sp³-hybridized carbons (Fsp3) is 0.750. The molecule has 1 aliphatic carbocycles. The van der Waals surface area contributed by atoms with Gasteiger partial charge in [-0.25, -0.2) is 4.39 Å². The minimum absolute atomic E-state index is 0.0322. The molecule has 2 rings (SSSR count). The van der Waals surface area contributed by atoms with Crippen LogP contribution in [0, 0.1) is 5.92 Å². The highest BCUT2D eigenvalue weighted by Crippen LogP contribution is 2.27. The first-order chi connectivity index (χ1) is 11.0. The van der Waals surface area contributed by atoms with Crippen LogP contribution in [0.5, 0.6) is 0 Å². The lowest BCUT2D eigenvalue weighted by atomic mass is 9.85. The second kappa shape index (κ2) is 8.17. The number of alkyl halides is 1. The molecule has 0 spiro atoms. The number of carbonyl (C=O) groups is 1. The molecule has 1 saturated carbocycles. The summed E-state index contributed by atoms with van der Waals surface area (Å²) in [5.74, 6) is 0.818. The van der Waals surface area contributed by atoms with E-state index >= 15 is 0 Å². The van der Waals surface area contributed by atoms with Crippen molar-refractivity contribution in [3.05, 3.63) is 5.82 Å². The van der Waals surface area contributed by atoms with E-state index in [1.54, 1.807) is 6.92 Å². The molecule has 0 unspecified atom stereocenters. The number of hydrogen-bond acceptors (Lipinski definition) is 5. The van der Waals surface area contributed by atoms with Gasteiger partial charge in [-0.1, -0.05) is 26.2 Å². The van der Waals surface area contributed by atoms with E-state index in [0.717, 1.165) is 0 Å². The molecule has 0 aliphatic heterocycles. The smallest absolute Gasteiger partial charge is 0.234 e. The van der Waals surface area contributed by atoms with E-state index in [4.69, 9.17) is 0 Å². The third kappa shape index (κ3) is 5.11. The minimum atomic E-state index is -1.32. The summed E-state index contributed by atoms with van der Waals surface area (Å²) in [5.41, 5.74) is 0. The number of rotatable bonds is 6. The van der Waals surface area contributed by atoms with Crippen LogP contribution in [-0.2, 0) is 4.79 Å². The van der Waals surface area contributed by atoms with E-state index in [9.17, 15) is 9.18 Å². The predicted octanol–water partition coefficient (Wildman–Crippen LogP) is 3.63. The zero-order chi connectivity index (χ0) is 16.8. The van der Waals surface area contributed by atoms with Gasteiger partial charge < -0.3 is 5.32 Å². The molecule has 23 heavy (non-hydrogen) atoms. The molecule has 2 N–H and O–H groups in total. The summed E-state index contributed by atoms with van der Waals surface area (Å²) in [6, 6.07) is 0.204. The Balaban J connectivity index is 2.13. The van der Waals surface area contributed by atoms with Gasteiger partial charge in [0.25, 0.3) is 0 Å². The molecule has 2 atom stereocenters.